The van der Waals surface area contributed by atoms with E-state index in [0.29, 0.717) is 0 Å². The molecule has 0 aliphatic rings. The van der Waals surface area contributed by atoms with Crippen LogP contribution in [0.25, 0.3) is 21.5 Å². The highest BCUT2D eigenvalue weighted by molar-refractivity contribution is 7.19. The first-order valence-electron chi connectivity index (χ1n) is 8.33. The van der Waals surface area contributed by atoms with Crippen LogP contribution in [0, 0.1) is 0 Å². The Balaban J connectivity index is 1.47. The number of nitrogens with zero attached hydrogens (tertiary/aromatic N) is 1. The Morgan fingerprint density at radius 3 is 2.85 bits per heavy atom. The van der Waals surface area contributed by atoms with Gasteiger partial charge in [0.1, 0.15) is 5.65 Å². The van der Waals surface area contributed by atoms with E-state index in [1.807, 2.05) is 60.8 Å². The van der Waals surface area contributed by atoms with Crippen molar-refractivity contribution in [1.29, 1.82) is 0 Å². The van der Waals surface area contributed by atoms with Crippen molar-refractivity contribution < 1.29 is 4.79 Å². The predicted molar refractivity (Wildman–Crippen MR) is 106 cm³/mol. The van der Waals surface area contributed by atoms with Gasteiger partial charge in [-0.05, 0) is 29.8 Å². The largest absolute Gasteiger partial charge is 0.346 e. The molecule has 4 aromatic rings. The van der Waals surface area contributed by atoms with E-state index in [2.05, 4.69) is 15.3 Å². The lowest BCUT2D eigenvalue weighted by Crippen LogP contribution is -2.20. The van der Waals surface area contributed by atoms with Crippen LogP contribution in [-0.2, 0) is 4.79 Å². The number of pyridine rings is 1. The van der Waals surface area contributed by atoms with Gasteiger partial charge in [0.15, 0.2) is 0 Å². The molecule has 4 N–H and O–H groups in total. The highest BCUT2D eigenvalue weighted by Gasteiger charge is 2.13. The van der Waals surface area contributed by atoms with Crippen molar-refractivity contribution in [3.05, 3.63) is 72.6 Å². The first kappa shape index (κ1) is 16.5. The second kappa shape index (κ2) is 7.11. The number of aromatic amines is 1. The third-order valence-corrected chi connectivity index (χ3v) is 5.26. The highest BCUT2D eigenvalue weighted by atomic mass is 32.1. The second-order valence-corrected chi connectivity index (χ2v) is 7.12. The van der Waals surface area contributed by atoms with Gasteiger partial charge in [0.05, 0.1) is 5.00 Å². The quantitative estimate of drug-likeness (QED) is 0.494. The van der Waals surface area contributed by atoms with Crippen LogP contribution in [0.15, 0.2) is 67.0 Å². The smallest absolute Gasteiger partial charge is 0.226 e. The normalized spacial score (nSPS) is 12.2. The molecule has 0 aliphatic heterocycles. The number of benzene rings is 1. The van der Waals surface area contributed by atoms with E-state index in [4.69, 9.17) is 5.73 Å². The van der Waals surface area contributed by atoms with E-state index < -0.39 is 0 Å². The molecule has 3 heterocycles. The van der Waals surface area contributed by atoms with Crippen LogP contribution in [0.2, 0.25) is 0 Å². The lowest BCUT2D eigenvalue weighted by molar-refractivity contribution is -0.116. The van der Waals surface area contributed by atoms with Gasteiger partial charge in [-0.2, -0.15) is 0 Å². The molecule has 0 bridgehead atoms. The van der Waals surface area contributed by atoms with Gasteiger partial charge in [-0.3, -0.25) is 4.79 Å². The van der Waals surface area contributed by atoms with E-state index >= 15 is 0 Å². The Morgan fingerprint density at radius 2 is 2.00 bits per heavy atom. The van der Waals surface area contributed by atoms with Gasteiger partial charge in [0.25, 0.3) is 0 Å². The number of hydrogen-bond acceptors (Lipinski definition) is 4. The molecule has 0 saturated heterocycles. The molecule has 5 nitrogen and oxygen atoms in total. The Morgan fingerprint density at radius 1 is 1.15 bits per heavy atom. The third-order valence-electron chi connectivity index (χ3n) is 4.23. The van der Waals surface area contributed by atoms with Crippen molar-refractivity contribution in [2.24, 2.45) is 5.73 Å². The fourth-order valence-electron chi connectivity index (χ4n) is 2.93. The molecule has 1 aromatic carbocycles. The van der Waals surface area contributed by atoms with Crippen LogP contribution in [0.4, 0.5) is 5.00 Å². The van der Waals surface area contributed by atoms with Crippen molar-refractivity contribution in [3.63, 3.8) is 0 Å². The van der Waals surface area contributed by atoms with Crippen LogP contribution in [0.3, 0.4) is 0 Å². The average molecular weight is 362 g/mol. The van der Waals surface area contributed by atoms with E-state index in [0.717, 1.165) is 32.0 Å². The van der Waals surface area contributed by atoms with E-state index in [9.17, 15) is 4.79 Å². The van der Waals surface area contributed by atoms with Crippen molar-refractivity contribution in [1.82, 2.24) is 9.97 Å². The molecule has 1 atom stereocenters. The fourth-order valence-corrected chi connectivity index (χ4v) is 3.89. The predicted octanol–water partition coefficient (Wildman–Crippen LogP) is 4.32. The van der Waals surface area contributed by atoms with Crippen LogP contribution >= 0.6 is 11.3 Å². The van der Waals surface area contributed by atoms with Gasteiger partial charge in [-0.15, -0.1) is 11.3 Å². The number of nitrogens with two attached hydrogens (primary N) is 1. The molecule has 130 valence electrons. The summed E-state index contributed by atoms with van der Waals surface area (Å²) in [5.74, 6) is -0.0868. The minimum absolute atomic E-state index is 0.0868. The Bertz CT molecular complexity index is 1040. The lowest BCUT2D eigenvalue weighted by Gasteiger charge is -2.11. The maximum atomic E-state index is 12.3. The topological polar surface area (TPSA) is 83.8 Å². The monoisotopic (exact) mass is 362 g/mol. The van der Waals surface area contributed by atoms with Crippen molar-refractivity contribution >= 4 is 33.3 Å². The minimum atomic E-state index is -0.310. The number of thiophene rings is 1. The number of carbonyl (C=O) groups excluding carboxylic acids is 1. The van der Waals surface area contributed by atoms with Gasteiger partial charge in [-0.25, -0.2) is 4.98 Å². The summed E-state index contributed by atoms with van der Waals surface area (Å²) >= 11 is 1.54. The first-order chi connectivity index (χ1) is 12.7. The molecular weight excluding hydrogens is 344 g/mol. The molecular formula is C20H18N4OS. The number of aromatic nitrogens is 2. The summed E-state index contributed by atoms with van der Waals surface area (Å²) < 4.78 is 0. The molecule has 3 aromatic heterocycles. The van der Waals surface area contributed by atoms with E-state index in [1.54, 1.807) is 17.5 Å². The molecule has 0 aliphatic carbocycles. The molecule has 0 spiro atoms. The molecule has 26 heavy (non-hydrogen) atoms. The Kier molecular flexibility index (Phi) is 4.51. The van der Waals surface area contributed by atoms with Gasteiger partial charge < -0.3 is 16.0 Å². The zero-order chi connectivity index (χ0) is 17.9. The van der Waals surface area contributed by atoms with Gasteiger partial charge in [-0.1, -0.05) is 30.3 Å². The standard InChI is InChI=1S/C20H18N4OS/c21-16(13-4-2-1-3-5-13)12-18(25)24-19-7-6-17(26-19)14-8-10-22-20-15(14)9-11-23-20/h1-11,16H,12,21H2,(H,22,23)(H,24,25). The Hall–Kier alpha value is -2.96. The number of rotatable bonds is 5. The number of H-pyrrole nitrogens is 1. The number of nitrogens with one attached hydrogen (secondary N) is 2. The fraction of sp³-hybridized carbons (Fsp3) is 0.100. The lowest BCUT2D eigenvalue weighted by atomic mass is 10.0. The van der Waals surface area contributed by atoms with Gasteiger partial charge >= 0.3 is 0 Å². The third kappa shape index (κ3) is 3.37. The summed E-state index contributed by atoms with van der Waals surface area (Å²) in [5.41, 5.74) is 9.04. The summed E-state index contributed by atoms with van der Waals surface area (Å²) in [6.07, 6.45) is 3.90. The first-order valence-corrected chi connectivity index (χ1v) is 9.15. The molecule has 0 fully saturated rings. The molecule has 1 unspecified atom stereocenters. The van der Waals surface area contributed by atoms with Crippen LogP contribution in [0.5, 0.6) is 0 Å². The average Bonchev–Trinajstić information content (AvgIpc) is 3.31. The zero-order valence-electron chi connectivity index (χ0n) is 14.0. The number of hydrogen-bond donors (Lipinski definition) is 3. The van der Waals surface area contributed by atoms with Crippen LogP contribution in [-0.4, -0.2) is 15.9 Å². The van der Waals surface area contributed by atoms with E-state index in [-0.39, 0.29) is 18.4 Å². The summed E-state index contributed by atoms with van der Waals surface area (Å²) in [6, 6.07) is 17.3. The Labute approximate surface area is 154 Å². The molecule has 6 heteroatoms. The number of anilines is 1. The van der Waals surface area contributed by atoms with Crippen LogP contribution < -0.4 is 11.1 Å². The maximum absolute atomic E-state index is 12.3. The summed E-state index contributed by atoms with van der Waals surface area (Å²) in [6.45, 7) is 0. The van der Waals surface area contributed by atoms with Gasteiger partial charge in [0.2, 0.25) is 5.91 Å². The maximum Gasteiger partial charge on any atom is 0.226 e. The van der Waals surface area contributed by atoms with E-state index in [1.165, 1.54) is 0 Å². The second-order valence-electron chi connectivity index (χ2n) is 6.03. The summed E-state index contributed by atoms with van der Waals surface area (Å²) in [4.78, 5) is 20.8. The number of amides is 1. The number of fused-ring (bicyclic) bond motifs is 1. The van der Waals surface area contributed by atoms with Crippen LogP contribution in [0.1, 0.15) is 18.0 Å². The molecule has 0 saturated carbocycles. The summed E-state index contributed by atoms with van der Waals surface area (Å²) in [5, 5.41) is 4.83. The minimum Gasteiger partial charge on any atom is -0.346 e. The molecule has 0 radical (unpaired) electrons. The molecule has 1 amide bonds. The van der Waals surface area contributed by atoms with Gasteiger partial charge in [0, 0.05) is 40.7 Å². The number of carbonyl (C=O) groups is 1. The van der Waals surface area contributed by atoms with Crippen molar-refractivity contribution in [2.75, 3.05) is 5.32 Å². The summed E-state index contributed by atoms with van der Waals surface area (Å²) in [7, 11) is 0. The van der Waals surface area contributed by atoms with Crippen molar-refractivity contribution in [2.45, 2.75) is 12.5 Å². The highest BCUT2D eigenvalue weighted by Crippen LogP contribution is 2.35. The van der Waals surface area contributed by atoms with Crippen molar-refractivity contribution in [3.8, 4) is 10.4 Å². The molecule has 4 rings (SSSR count). The SMILES string of the molecule is NC(CC(=O)Nc1ccc(-c2ccnc3[nH]ccc23)s1)c1ccccc1. The zero-order valence-corrected chi connectivity index (χ0v) is 14.8.